The van der Waals surface area contributed by atoms with Crippen LogP contribution in [0.25, 0.3) is 0 Å². The second-order valence-electron chi connectivity index (χ2n) is 4.82. The number of ether oxygens (including phenoxy) is 1. The van der Waals surface area contributed by atoms with Crippen molar-refractivity contribution in [2.24, 2.45) is 5.92 Å². The molecule has 0 bridgehead atoms. The number of benzene rings is 1. The highest BCUT2D eigenvalue weighted by Gasteiger charge is 2.26. The Morgan fingerprint density at radius 1 is 1.26 bits per heavy atom. The third kappa shape index (κ3) is 4.22. The van der Waals surface area contributed by atoms with Gasteiger partial charge in [-0.1, -0.05) is 30.3 Å². The van der Waals surface area contributed by atoms with Crippen LogP contribution in [0.3, 0.4) is 0 Å². The monoisotopic (exact) mass is 281 g/mol. The lowest BCUT2D eigenvalue weighted by Gasteiger charge is -2.29. The molecule has 1 amide bonds. The predicted molar refractivity (Wildman–Crippen MR) is 76.1 cm³/mol. The zero-order valence-electron chi connectivity index (χ0n) is 11.1. The summed E-state index contributed by atoms with van der Waals surface area (Å²) in [6.07, 6.45) is 1.65. The maximum atomic E-state index is 12.5. The lowest BCUT2D eigenvalue weighted by atomic mass is 9.98. The van der Waals surface area contributed by atoms with Gasteiger partial charge in [0.15, 0.2) is 0 Å². The molecule has 0 atom stereocenters. The molecule has 2 rings (SSSR count). The lowest BCUT2D eigenvalue weighted by Crippen LogP contribution is -2.39. The number of nitrogens with zero attached hydrogens (tertiary/aromatic N) is 1. The summed E-state index contributed by atoms with van der Waals surface area (Å²) in [6.45, 7) is 2.63. The molecule has 0 aliphatic carbocycles. The molecular formula is C15H20ClNO2. The summed E-state index contributed by atoms with van der Waals surface area (Å²) in [5.74, 6) is 0.787. The topological polar surface area (TPSA) is 29.5 Å². The van der Waals surface area contributed by atoms with Crippen molar-refractivity contribution in [1.29, 1.82) is 0 Å². The molecule has 1 saturated heterocycles. The molecule has 19 heavy (non-hydrogen) atoms. The molecule has 3 nitrogen and oxygen atoms in total. The Morgan fingerprint density at radius 2 is 1.95 bits per heavy atom. The smallest absolute Gasteiger partial charge is 0.226 e. The Bertz CT molecular complexity index is 390. The normalized spacial score (nSPS) is 16.3. The van der Waals surface area contributed by atoms with Crippen LogP contribution in [0.5, 0.6) is 0 Å². The van der Waals surface area contributed by atoms with Crippen molar-refractivity contribution in [3.63, 3.8) is 0 Å². The summed E-state index contributed by atoms with van der Waals surface area (Å²) in [5, 5.41) is 0. The number of hydrogen-bond donors (Lipinski definition) is 0. The SMILES string of the molecule is O=C(C1CCOCC1)N(CCCl)Cc1ccccc1. The molecule has 0 N–H and O–H groups in total. The zero-order chi connectivity index (χ0) is 13.5. The highest BCUT2D eigenvalue weighted by atomic mass is 35.5. The number of halogens is 1. The molecule has 4 heteroatoms. The Hall–Kier alpha value is -1.06. The van der Waals surface area contributed by atoms with Crippen LogP contribution in [-0.2, 0) is 16.1 Å². The van der Waals surface area contributed by atoms with Gasteiger partial charge in [-0.2, -0.15) is 0 Å². The van der Waals surface area contributed by atoms with Gasteiger partial charge in [0, 0.05) is 38.1 Å². The van der Waals surface area contributed by atoms with Gasteiger partial charge in [-0.3, -0.25) is 4.79 Å². The van der Waals surface area contributed by atoms with Gasteiger partial charge in [0.05, 0.1) is 0 Å². The molecule has 0 saturated carbocycles. The van der Waals surface area contributed by atoms with Crippen LogP contribution in [0.1, 0.15) is 18.4 Å². The molecule has 1 heterocycles. The maximum Gasteiger partial charge on any atom is 0.226 e. The van der Waals surface area contributed by atoms with Gasteiger partial charge in [-0.05, 0) is 18.4 Å². The van der Waals surface area contributed by atoms with Gasteiger partial charge >= 0.3 is 0 Å². The van der Waals surface area contributed by atoms with E-state index >= 15 is 0 Å². The van der Waals surface area contributed by atoms with Crippen molar-refractivity contribution >= 4 is 17.5 Å². The Kier molecular flexibility index (Phi) is 5.67. The first-order valence-electron chi connectivity index (χ1n) is 6.77. The molecule has 0 unspecified atom stereocenters. The summed E-state index contributed by atoms with van der Waals surface area (Å²) in [5.41, 5.74) is 1.15. The van der Waals surface area contributed by atoms with E-state index in [1.807, 2.05) is 35.2 Å². The molecule has 1 aromatic rings. The summed E-state index contributed by atoms with van der Waals surface area (Å²) in [6, 6.07) is 10.0. The van der Waals surface area contributed by atoms with Crippen LogP contribution in [0, 0.1) is 5.92 Å². The molecule has 104 valence electrons. The van der Waals surface area contributed by atoms with E-state index in [9.17, 15) is 4.79 Å². The Labute approximate surface area is 119 Å². The standard InChI is InChI=1S/C15H20ClNO2/c16-8-9-17(12-13-4-2-1-3-5-13)15(18)14-6-10-19-11-7-14/h1-5,14H,6-12H2. The number of hydrogen-bond acceptors (Lipinski definition) is 2. The largest absolute Gasteiger partial charge is 0.381 e. The molecule has 0 spiro atoms. The summed E-state index contributed by atoms with van der Waals surface area (Å²) < 4.78 is 5.31. The minimum Gasteiger partial charge on any atom is -0.381 e. The lowest BCUT2D eigenvalue weighted by molar-refractivity contribution is -0.138. The van der Waals surface area contributed by atoms with E-state index in [0.29, 0.717) is 32.2 Å². The second-order valence-corrected chi connectivity index (χ2v) is 5.20. The van der Waals surface area contributed by atoms with Crippen LogP contribution in [0.15, 0.2) is 30.3 Å². The van der Waals surface area contributed by atoms with Crippen molar-refractivity contribution in [3.8, 4) is 0 Å². The van der Waals surface area contributed by atoms with Crippen LogP contribution in [0.4, 0.5) is 0 Å². The fraction of sp³-hybridized carbons (Fsp3) is 0.533. The van der Waals surface area contributed by atoms with E-state index in [4.69, 9.17) is 16.3 Å². The van der Waals surface area contributed by atoms with Gasteiger partial charge in [0.1, 0.15) is 0 Å². The van der Waals surface area contributed by atoms with Crippen LogP contribution < -0.4 is 0 Å². The summed E-state index contributed by atoms with van der Waals surface area (Å²) >= 11 is 5.83. The van der Waals surface area contributed by atoms with Crippen molar-refractivity contribution in [2.45, 2.75) is 19.4 Å². The first kappa shape index (κ1) is 14.4. The van der Waals surface area contributed by atoms with E-state index in [2.05, 4.69) is 0 Å². The van der Waals surface area contributed by atoms with Gasteiger partial charge in [0.2, 0.25) is 5.91 Å². The average molecular weight is 282 g/mol. The van der Waals surface area contributed by atoms with E-state index < -0.39 is 0 Å². The first-order chi connectivity index (χ1) is 9.31. The zero-order valence-corrected chi connectivity index (χ0v) is 11.8. The van der Waals surface area contributed by atoms with Crippen molar-refractivity contribution in [3.05, 3.63) is 35.9 Å². The van der Waals surface area contributed by atoms with E-state index in [1.165, 1.54) is 0 Å². The molecule has 1 aliphatic heterocycles. The number of carbonyl (C=O) groups is 1. The first-order valence-corrected chi connectivity index (χ1v) is 7.31. The van der Waals surface area contributed by atoms with E-state index in [-0.39, 0.29) is 11.8 Å². The maximum absolute atomic E-state index is 12.5. The highest BCUT2D eigenvalue weighted by molar-refractivity contribution is 6.18. The molecule has 1 fully saturated rings. The van der Waals surface area contributed by atoms with Crippen LogP contribution in [-0.4, -0.2) is 36.4 Å². The van der Waals surface area contributed by atoms with Crippen molar-refractivity contribution in [1.82, 2.24) is 4.90 Å². The molecule has 1 aliphatic rings. The minimum absolute atomic E-state index is 0.0979. The third-order valence-corrected chi connectivity index (χ3v) is 3.62. The number of alkyl halides is 1. The van der Waals surface area contributed by atoms with Crippen molar-refractivity contribution < 1.29 is 9.53 Å². The van der Waals surface area contributed by atoms with E-state index in [1.54, 1.807) is 0 Å². The predicted octanol–water partition coefficient (Wildman–Crippen LogP) is 2.68. The molecule has 1 aromatic carbocycles. The Morgan fingerprint density at radius 3 is 2.58 bits per heavy atom. The number of amides is 1. The second kappa shape index (κ2) is 7.51. The number of carbonyl (C=O) groups excluding carboxylic acids is 1. The van der Waals surface area contributed by atoms with Gasteiger partial charge < -0.3 is 9.64 Å². The average Bonchev–Trinajstić information content (AvgIpc) is 2.48. The fourth-order valence-corrected chi connectivity index (χ4v) is 2.58. The van der Waals surface area contributed by atoms with Crippen LogP contribution in [0.2, 0.25) is 0 Å². The molecule has 0 radical (unpaired) electrons. The quantitative estimate of drug-likeness (QED) is 0.777. The van der Waals surface area contributed by atoms with Gasteiger partial charge in [-0.15, -0.1) is 11.6 Å². The fourth-order valence-electron chi connectivity index (χ4n) is 2.38. The van der Waals surface area contributed by atoms with Gasteiger partial charge in [-0.25, -0.2) is 0 Å². The Balaban J connectivity index is 2.00. The summed E-state index contributed by atoms with van der Waals surface area (Å²) in [4.78, 5) is 14.4. The van der Waals surface area contributed by atoms with Crippen molar-refractivity contribution in [2.75, 3.05) is 25.6 Å². The minimum atomic E-state index is 0.0979. The van der Waals surface area contributed by atoms with E-state index in [0.717, 1.165) is 18.4 Å². The molecular weight excluding hydrogens is 262 g/mol. The number of rotatable bonds is 5. The third-order valence-electron chi connectivity index (χ3n) is 3.45. The van der Waals surface area contributed by atoms with Gasteiger partial charge in [0.25, 0.3) is 0 Å². The van der Waals surface area contributed by atoms with Crippen LogP contribution >= 0.6 is 11.6 Å². The summed E-state index contributed by atoms with van der Waals surface area (Å²) in [7, 11) is 0. The molecule has 0 aromatic heterocycles. The highest BCUT2D eigenvalue weighted by Crippen LogP contribution is 2.19.